The lowest BCUT2D eigenvalue weighted by molar-refractivity contribution is 0.628. The van der Waals surface area contributed by atoms with Crippen molar-refractivity contribution in [3.8, 4) is 20.9 Å². The van der Waals surface area contributed by atoms with Crippen molar-refractivity contribution in [2.75, 3.05) is 0 Å². The summed E-state index contributed by atoms with van der Waals surface area (Å²) in [6, 6.07) is 11.0. The van der Waals surface area contributed by atoms with Gasteiger partial charge in [-0.05, 0) is 53.1 Å². The molecule has 0 amide bonds. The van der Waals surface area contributed by atoms with Crippen molar-refractivity contribution >= 4 is 22.7 Å². The molecule has 90 valence electrons. The smallest absolute Gasteiger partial charge is 0.123 e. The van der Waals surface area contributed by atoms with E-state index < -0.39 is 0 Å². The molecule has 0 nitrogen and oxygen atoms in total. The molecule has 0 N–H and O–H groups in total. The molecule has 0 atom stereocenters. The number of thiophene rings is 2. The summed E-state index contributed by atoms with van der Waals surface area (Å²) in [4.78, 5) is 2.48. The molecule has 18 heavy (non-hydrogen) atoms. The summed E-state index contributed by atoms with van der Waals surface area (Å²) in [5.41, 5.74) is 3.60. The van der Waals surface area contributed by atoms with E-state index in [9.17, 15) is 4.39 Å². The van der Waals surface area contributed by atoms with Gasteiger partial charge in [-0.2, -0.15) is 0 Å². The van der Waals surface area contributed by atoms with Crippen LogP contribution in [0.3, 0.4) is 0 Å². The molecule has 0 spiro atoms. The lowest BCUT2D eigenvalue weighted by atomic mass is 10.1. The summed E-state index contributed by atoms with van der Waals surface area (Å²) in [5.74, 6) is -0.191. The second-order valence-electron chi connectivity index (χ2n) is 4.16. The summed E-state index contributed by atoms with van der Waals surface area (Å²) in [6.07, 6.45) is 0. The highest BCUT2D eigenvalue weighted by Gasteiger charge is 2.10. The van der Waals surface area contributed by atoms with Crippen LogP contribution in [-0.4, -0.2) is 0 Å². The van der Waals surface area contributed by atoms with E-state index in [1.807, 2.05) is 12.1 Å². The molecular weight excluding hydrogens is 263 g/mol. The fraction of sp³-hybridized carbons (Fsp3) is 0.0667. The predicted molar refractivity (Wildman–Crippen MR) is 77.8 cm³/mol. The molecule has 3 rings (SSSR count). The fourth-order valence-corrected chi connectivity index (χ4v) is 3.81. The van der Waals surface area contributed by atoms with Gasteiger partial charge >= 0.3 is 0 Å². The monoisotopic (exact) mass is 274 g/mol. The first-order valence-electron chi connectivity index (χ1n) is 5.63. The Hall–Kier alpha value is -1.45. The summed E-state index contributed by atoms with van der Waals surface area (Å²) in [7, 11) is 0. The molecule has 0 saturated heterocycles. The quantitative estimate of drug-likeness (QED) is 0.571. The van der Waals surface area contributed by atoms with Crippen molar-refractivity contribution in [2.45, 2.75) is 6.92 Å². The first-order valence-corrected chi connectivity index (χ1v) is 7.39. The number of hydrogen-bond acceptors (Lipinski definition) is 2. The third-order valence-corrected chi connectivity index (χ3v) is 4.81. The maximum atomic E-state index is 13.0. The van der Waals surface area contributed by atoms with Crippen molar-refractivity contribution in [1.82, 2.24) is 0 Å². The van der Waals surface area contributed by atoms with E-state index in [-0.39, 0.29) is 5.82 Å². The Balaban J connectivity index is 2.09. The van der Waals surface area contributed by atoms with Gasteiger partial charge in [0.15, 0.2) is 0 Å². The van der Waals surface area contributed by atoms with Gasteiger partial charge in [-0.3, -0.25) is 0 Å². The highest BCUT2D eigenvalue weighted by atomic mass is 32.1. The number of aryl methyl sites for hydroxylation is 1. The zero-order valence-electron chi connectivity index (χ0n) is 9.81. The molecular formula is C15H11FS2. The Morgan fingerprint density at radius 3 is 2.44 bits per heavy atom. The molecule has 0 aliphatic carbocycles. The largest absolute Gasteiger partial charge is 0.207 e. The van der Waals surface area contributed by atoms with Crippen molar-refractivity contribution in [1.29, 1.82) is 0 Å². The van der Waals surface area contributed by atoms with E-state index in [2.05, 4.69) is 29.8 Å². The highest BCUT2D eigenvalue weighted by Crippen LogP contribution is 2.39. The second kappa shape index (κ2) is 4.67. The van der Waals surface area contributed by atoms with Crippen molar-refractivity contribution in [3.63, 3.8) is 0 Å². The zero-order valence-corrected chi connectivity index (χ0v) is 11.4. The summed E-state index contributed by atoms with van der Waals surface area (Å²) < 4.78 is 13.0. The second-order valence-corrected chi connectivity index (χ2v) is 5.99. The first kappa shape index (κ1) is 11.6. The molecule has 0 aliphatic rings. The van der Waals surface area contributed by atoms with E-state index >= 15 is 0 Å². The van der Waals surface area contributed by atoms with Gasteiger partial charge in [-0.25, -0.2) is 4.39 Å². The number of halogens is 1. The lowest BCUT2D eigenvalue weighted by Crippen LogP contribution is -1.77. The van der Waals surface area contributed by atoms with E-state index in [0.29, 0.717) is 0 Å². The molecule has 3 aromatic rings. The van der Waals surface area contributed by atoms with E-state index in [4.69, 9.17) is 0 Å². The van der Waals surface area contributed by atoms with Crippen LogP contribution < -0.4 is 0 Å². The Morgan fingerprint density at radius 1 is 1.00 bits per heavy atom. The normalized spacial score (nSPS) is 10.8. The van der Waals surface area contributed by atoms with Crippen LogP contribution in [0, 0.1) is 12.7 Å². The minimum Gasteiger partial charge on any atom is -0.207 e. The van der Waals surface area contributed by atoms with E-state index in [1.165, 1.54) is 33.0 Å². The average molecular weight is 274 g/mol. The summed E-state index contributed by atoms with van der Waals surface area (Å²) in [5, 5.41) is 4.24. The van der Waals surface area contributed by atoms with Crippen LogP contribution in [0.2, 0.25) is 0 Å². The molecule has 0 aliphatic heterocycles. The maximum absolute atomic E-state index is 13.0. The third-order valence-electron chi connectivity index (χ3n) is 2.77. The lowest BCUT2D eigenvalue weighted by Gasteiger charge is -2.02. The minimum atomic E-state index is -0.191. The molecule has 0 saturated carbocycles. The molecule has 0 bridgehead atoms. The minimum absolute atomic E-state index is 0.191. The molecule has 1 aromatic carbocycles. The van der Waals surface area contributed by atoms with Crippen molar-refractivity contribution < 1.29 is 4.39 Å². The van der Waals surface area contributed by atoms with Crippen LogP contribution in [0.4, 0.5) is 4.39 Å². The van der Waals surface area contributed by atoms with Crippen molar-refractivity contribution in [2.24, 2.45) is 0 Å². The first-order chi connectivity index (χ1) is 8.74. The molecule has 2 heterocycles. The van der Waals surface area contributed by atoms with Crippen molar-refractivity contribution in [3.05, 3.63) is 58.5 Å². The molecule has 2 aromatic heterocycles. The van der Waals surface area contributed by atoms with Gasteiger partial charge in [0.05, 0.1) is 0 Å². The Kier molecular flexibility index (Phi) is 3.02. The van der Waals surface area contributed by atoms with Crippen LogP contribution in [0.25, 0.3) is 20.9 Å². The van der Waals surface area contributed by atoms with E-state index in [1.54, 1.807) is 22.7 Å². The molecule has 0 fully saturated rings. The van der Waals surface area contributed by atoms with Gasteiger partial charge in [0.1, 0.15) is 5.82 Å². The number of benzene rings is 1. The molecule has 0 unspecified atom stereocenters. The van der Waals surface area contributed by atoms with Crippen LogP contribution in [0.15, 0.2) is 47.2 Å². The fourth-order valence-electron chi connectivity index (χ4n) is 1.90. The van der Waals surface area contributed by atoms with Gasteiger partial charge in [0.25, 0.3) is 0 Å². The van der Waals surface area contributed by atoms with Gasteiger partial charge in [-0.1, -0.05) is 12.1 Å². The van der Waals surface area contributed by atoms with Crippen LogP contribution in [0.1, 0.15) is 5.56 Å². The SMILES string of the molecule is Cc1csc(-c2ccsc2-c2ccc(F)cc2)c1. The standard InChI is InChI=1S/C15H11FS2/c1-10-8-14(18-9-10)13-6-7-17-15(13)11-2-4-12(16)5-3-11/h2-9H,1H3. The van der Waals surface area contributed by atoms with Gasteiger partial charge in [0.2, 0.25) is 0 Å². The van der Waals surface area contributed by atoms with E-state index in [0.717, 1.165) is 5.56 Å². The van der Waals surface area contributed by atoms with Crippen LogP contribution in [-0.2, 0) is 0 Å². The zero-order chi connectivity index (χ0) is 12.5. The highest BCUT2D eigenvalue weighted by molar-refractivity contribution is 7.16. The Labute approximate surface area is 113 Å². The number of rotatable bonds is 2. The maximum Gasteiger partial charge on any atom is 0.123 e. The van der Waals surface area contributed by atoms with Gasteiger partial charge < -0.3 is 0 Å². The molecule has 3 heteroatoms. The van der Waals surface area contributed by atoms with Crippen LogP contribution in [0.5, 0.6) is 0 Å². The third kappa shape index (κ3) is 2.11. The summed E-state index contributed by atoms with van der Waals surface area (Å²) >= 11 is 3.45. The Morgan fingerprint density at radius 2 is 1.78 bits per heavy atom. The Bertz CT molecular complexity index is 662. The average Bonchev–Trinajstić information content (AvgIpc) is 2.98. The van der Waals surface area contributed by atoms with Crippen LogP contribution >= 0.6 is 22.7 Å². The molecule has 0 radical (unpaired) electrons. The topological polar surface area (TPSA) is 0 Å². The van der Waals surface area contributed by atoms with Gasteiger partial charge in [-0.15, -0.1) is 22.7 Å². The van der Waals surface area contributed by atoms with Gasteiger partial charge in [0, 0.05) is 15.3 Å². The number of hydrogen-bond donors (Lipinski definition) is 0. The predicted octanol–water partition coefficient (Wildman–Crippen LogP) is 5.59. The summed E-state index contributed by atoms with van der Waals surface area (Å²) in [6.45, 7) is 2.10.